The number of benzene rings is 2. The van der Waals surface area contributed by atoms with E-state index >= 15 is 0 Å². The Bertz CT molecular complexity index is 1190. The molecule has 1 heterocycles. The fourth-order valence-electron chi connectivity index (χ4n) is 2.39. The lowest BCUT2D eigenvalue weighted by Gasteiger charge is -2.10. The number of hydrogen-bond acceptors (Lipinski definition) is 4. The number of amides is 1. The molecule has 3 aromatic rings. The highest BCUT2D eigenvalue weighted by molar-refractivity contribution is 7.90. The maximum Gasteiger partial charge on any atom is 0.416 e. The zero-order valence-electron chi connectivity index (χ0n) is 14.1. The Morgan fingerprint density at radius 1 is 1.07 bits per heavy atom. The molecular weight excluding hydrogens is 454 g/mol. The van der Waals surface area contributed by atoms with Gasteiger partial charge in [0.1, 0.15) is 16.4 Å². The first kappa shape index (κ1) is 21.2. The van der Waals surface area contributed by atoms with Crippen LogP contribution in [0.25, 0.3) is 5.69 Å². The topological polar surface area (TPSA) is 81.1 Å². The Labute approximate surface area is 172 Å². The van der Waals surface area contributed by atoms with E-state index in [-0.39, 0.29) is 20.8 Å². The Kier molecular flexibility index (Phi) is 5.61. The average Bonchev–Trinajstić information content (AvgIpc) is 3.02. The van der Waals surface area contributed by atoms with Gasteiger partial charge in [0, 0.05) is 5.69 Å². The largest absolute Gasteiger partial charge is 0.416 e. The van der Waals surface area contributed by atoms with E-state index in [1.807, 2.05) is 0 Å². The number of rotatable bonds is 4. The summed E-state index contributed by atoms with van der Waals surface area (Å²) in [5.74, 6) is -1.17. The monoisotopic (exact) mass is 463 g/mol. The van der Waals surface area contributed by atoms with Crippen LogP contribution in [-0.2, 0) is 16.2 Å². The summed E-state index contributed by atoms with van der Waals surface area (Å²) in [4.78, 5) is 15.8. The van der Waals surface area contributed by atoms with Crippen molar-refractivity contribution in [2.75, 3.05) is 0 Å². The van der Waals surface area contributed by atoms with Gasteiger partial charge >= 0.3 is 6.18 Å². The van der Waals surface area contributed by atoms with Crippen molar-refractivity contribution in [1.82, 2.24) is 14.3 Å². The van der Waals surface area contributed by atoms with Gasteiger partial charge in [-0.3, -0.25) is 9.36 Å². The minimum absolute atomic E-state index is 0.00895. The lowest BCUT2D eigenvalue weighted by atomic mass is 10.2. The van der Waals surface area contributed by atoms with Crippen molar-refractivity contribution in [3.05, 3.63) is 76.3 Å². The number of nitrogens with zero attached hydrogens (tertiary/aromatic N) is 2. The van der Waals surface area contributed by atoms with Gasteiger partial charge in [-0.15, -0.1) is 0 Å². The molecule has 29 heavy (non-hydrogen) atoms. The van der Waals surface area contributed by atoms with Gasteiger partial charge in [0.15, 0.2) is 5.69 Å². The highest BCUT2D eigenvalue weighted by Gasteiger charge is 2.31. The summed E-state index contributed by atoms with van der Waals surface area (Å²) in [5, 5.41) is -0.468. The molecule has 0 bridgehead atoms. The van der Waals surface area contributed by atoms with Gasteiger partial charge < -0.3 is 0 Å². The molecule has 0 radical (unpaired) electrons. The summed E-state index contributed by atoms with van der Waals surface area (Å²) in [6.45, 7) is 0. The molecule has 0 aliphatic rings. The van der Waals surface area contributed by atoms with E-state index < -0.39 is 33.4 Å². The molecule has 6 nitrogen and oxygen atoms in total. The van der Waals surface area contributed by atoms with Crippen LogP contribution in [0.3, 0.4) is 0 Å². The highest BCUT2D eigenvalue weighted by Crippen LogP contribution is 2.31. The number of hydrogen-bond donors (Lipinski definition) is 1. The smallest absolute Gasteiger partial charge is 0.289 e. The van der Waals surface area contributed by atoms with Gasteiger partial charge in [-0.05, 0) is 30.3 Å². The third kappa shape index (κ3) is 4.39. The van der Waals surface area contributed by atoms with Crippen molar-refractivity contribution in [2.45, 2.75) is 11.1 Å². The fraction of sp³-hybridized carbons (Fsp3) is 0.0588. The van der Waals surface area contributed by atoms with E-state index in [0.29, 0.717) is 0 Å². The van der Waals surface area contributed by atoms with Gasteiger partial charge in [0.05, 0.1) is 10.6 Å². The van der Waals surface area contributed by atoms with Crippen LogP contribution in [0.1, 0.15) is 16.1 Å². The van der Waals surface area contributed by atoms with Crippen LogP contribution >= 0.6 is 23.2 Å². The standard InChI is InChI=1S/C17H10Cl2F3N3O3S/c18-12-6-1-2-7-13(12)29(27,28)24-16(26)14-15(19)25(9-23-14)11-5-3-4-10(8-11)17(20,21)22/h1-9H,(H,24,26). The summed E-state index contributed by atoms with van der Waals surface area (Å²) in [6, 6.07) is 9.63. The van der Waals surface area contributed by atoms with Crippen molar-refractivity contribution in [2.24, 2.45) is 0 Å². The summed E-state index contributed by atoms with van der Waals surface area (Å²) in [7, 11) is -4.32. The lowest BCUT2D eigenvalue weighted by molar-refractivity contribution is -0.137. The van der Waals surface area contributed by atoms with Crippen molar-refractivity contribution in [1.29, 1.82) is 0 Å². The van der Waals surface area contributed by atoms with Crippen molar-refractivity contribution < 1.29 is 26.4 Å². The van der Waals surface area contributed by atoms with Crippen LogP contribution in [-0.4, -0.2) is 23.9 Å². The SMILES string of the molecule is O=C(NS(=O)(=O)c1ccccc1Cl)c1ncn(-c2cccc(C(F)(F)F)c2)c1Cl. The number of aromatic nitrogens is 2. The molecule has 0 saturated heterocycles. The predicted molar refractivity (Wildman–Crippen MR) is 99.7 cm³/mol. The first-order valence-electron chi connectivity index (χ1n) is 7.73. The van der Waals surface area contributed by atoms with E-state index in [4.69, 9.17) is 23.2 Å². The number of carbonyl (C=O) groups excluding carboxylic acids is 1. The molecule has 0 aliphatic carbocycles. The van der Waals surface area contributed by atoms with E-state index in [1.165, 1.54) is 30.3 Å². The number of carbonyl (C=O) groups is 1. The van der Waals surface area contributed by atoms with Gasteiger partial charge in [-0.1, -0.05) is 41.4 Å². The van der Waals surface area contributed by atoms with Crippen molar-refractivity contribution in [3.8, 4) is 5.69 Å². The number of imidazole rings is 1. The molecule has 0 spiro atoms. The van der Waals surface area contributed by atoms with Crippen LogP contribution in [0.4, 0.5) is 13.2 Å². The summed E-state index contributed by atoms with van der Waals surface area (Å²) in [5.41, 5.74) is -1.42. The minimum Gasteiger partial charge on any atom is -0.289 e. The Morgan fingerprint density at radius 2 is 1.76 bits per heavy atom. The van der Waals surface area contributed by atoms with E-state index in [0.717, 1.165) is 29.1 Å². The van der Waals surface area contributed by atoms with Crippen molar-refractivity contribution >= 4 is 39.1 Å². The van der Waals surface area contributed by atoms with Crippen LogP contribution in [0.2, 0.25) is 10.2 Å². The number of halogens is 5. The molecule has 1 amide bonds. The molecule has 0 unspecified atom stereocenters. The first-order valence-corrected chi connectivity index (χ1v) is 9.97. The lowest BCUT2D eigenvalue weighted by Crippen LogP contribution is -2.31. The summed E-state index contributed by atoms with van der Waals surface area (Å²) in [6.07, 6.45) is -3.57. The molecule has 3 rings (SSSR count). The zero-order valence-corrected chi connectivity index (χ0v) is 16.4. The quantitative estimate of drug-likeness (QED) is 0.624. The molecule has 0 atom stereocenters. The Morgan fingerprint density at radius 3 is 2.41 bits per heavy atom. The van der Waals surface area contributed by atoms with Crippen LogP contribution in [0, 0.1) is 0 Å². The van der Waals surface area contributed by atoms with Crippen LogP contribution < -0.4 is 4.72 Å². The van der Waals surface area contributed by atoms with E-state index in [2.05, 4.69) is 4.98 Å². The average molecular weight is 464 g/mol. The second kappa shape index (κ2) is 7.69. The molecule has 12 heteroatoms. The molecule has 2 aromatic carbocycles. The predicted octanol–water partition coefficient (Wildman–Crippen LogP) is 4.32. The van der Waals surface area contributed by atoms with Crippen LogP contribution in [0.5, 0.6) is 0 Å². The highest BCUT2D eigenvalue weighted by atomic mass is 35.5. The van der Waals surface area contributed by atoms with Gasteiger partial charge in [0.2, 0.25) is 0 Å². The summed E-state index contributed by atoms with van der Waals surface area (Å²) < 4.78 is 66.2. The third-order valence-electron chi connectivity index (χ3n) is 3.73. The normalized spacial score (nSPS) is 12.0. The molecular formula is C17H10Cl2F3N3O3S. The molecule has 0 fully saturated rings. The molecule has 0 aliphatic heterocycles. The molecule has 0 saturated carbocycles. The second-order valence-corrected chi connectivity index (χ2v) is 8.08. The van der Waals surface area contributed by atoms with Crippen LogP contribution in [0.15, 0.2) is 59.8 Å². The fourth-order valence-corrected chi connectivity index (χ4v) is 4.14. The minimum atomic E-state index is -4.58. The van der Waals surface area contributed by atoms with Gasteiger partial charge in [-0.25, -0.2) is 18.1 Å². The van der Waals surface area contributed by atoms with E-state index in [1.54, 1.807) is 4.72 Å². The zero-order chi connectivity index (χ0) is 21.4. The van der Waals surface area contributed by atoms with Crippen molar-refractivity contribution in [3.63, 3.8) is 0 Å². The molecule has 152 valence electrons. The Hall–Kier alpha value is -2.56. The maximum absolute atomic E-state index is 12.9. The Balaban J connectivity index is 1.92. The van der Waals surface area contributed by atoms with Gasteiger partial charge in [-0.2, -0.15) is 13.2 Å². The number of sulfonamides is 1. The molecule has 1 N–H and O–H groups in total. The number of nitrogens with one attached hydrogen (secondary N) is 1. The first-order chi connectivity index (χ1) is 13.5. The maximum atomic E-state index is 12.9. The number of alkyl halides is 3. The second-order valence-electron chi connectivity index (χ2n) is 5.67. The van der Waals surface area contributed by atoms with Gasteiger partial charge in [0.25, 0.3) is 15.9 Å². The molecule has 1 aromatic heterocycles. The summed E-state index contributed by atoms with van der Waals surface area (Å²) >= 11 is 11.9. The van der Waals surface area contributed by atoms with E-state index in [9.17, 15) is 26.4 Å². The third-order valence-corrected chi connectivity index (χ3v) is 5.92.